The molecule has 6 heteroatoms. The van der Waals surface area contributed by atoms with Crippen molar-refractivity contribution < 1.29 is 19.5 Å². The first-order valence-corrected chi connectivity index (χ1v) is 8.28. The van der Waals surface area contributed by atoms with E-state index < -0.39 is 17.4 Å². The summed E-state index contributed by atoms with van der Waals surface area (Å²) in [6.07, 6.45) is 1.65. The summed E-state index contributed by atoms with van der Waals surface area (Å²) in [5, 5.41) is 10.5. The van der Waals surface area contributed by atoms with Crippen LogP contribution in [0.5, 0.6) is 0 Å². The molecule has 2 unspecified atom stereocenters. The molecule has 128 valence electrons. The molecule has 0 saturated carbocycles. The number of ketones is 1. The van der Waals surface area contributed by atoms with E-state index in [1.165, 1.54) is 0 Å². The van der Waals surface area contributed by atoms with Gasteiger partial charge in [0, 0.05) is 31.0 Å². The van der Waals surface area contributed by atoms with E-state index in [-0.39, 0.29) is 31.1 Å². The Morgan fingerprint density at radius 3 is 2.79 bits per heavy atom. The summed E-state index contributed by atoms with van der Waals surface area (Å²) < 4.78 is 0. The molecule has 2 aliphatic rings. The largest absolute Gasteiger partial charge is 0.388 e. The first-order chi connectivity index (χ1) is 11.4. The van der Waals surface area contributed by atoms with Gasteiger partial charge in [0.15, 0.2) is 5.78 Å². The molecule has 1 aliphatic heterocycles. The van der Waals surface area contributed by atoms with Gasteiger partial charge in [-0.15, -0.1) is 0 Å². The minimum absolute atomic E-state index is 0.0143. The Morgan fingerprint density at radius 1 is 1.29 bits per heavy atom. The molecular formula is C18H22N2O4. The number of carbonyl (C=O) groups excluding carboxylic acids is 3. The number of hydrogen-bond acceptors (Lipinski definition) is 4. The van der Waals surface area contributed by atoms with Gasteiger partial charge in [-0.05, 0) is 24.8 Å². The Labute approximate surface area is 140 Å². The van der Waals surface area contributed by atoms with Gasteiger partial charge in [0.2, 0.25) is 11.8 Å². The van der Waals surface area contributed by atoms with E-state index in [9.17, 15) is 19.5 Å². The van der Waals surface area contributed by atoms with E-state index in [1.807, 2.05) is 18.2 Å². The number of nitrogens with zero attached hydrogens (tertiary/aromatic N) is 1. The van der Waals surface area contributed by atoms with Crippen LogP contribution in [0.4, 0.5) is 0 Å². The van der Waals surface area contributed by atoms with Gasteiger partial charge >= 0.3 is 0 Å². The van der Waals surface area contributed by atoms with E-state index >= 15 is 0 Å². The predicted molar refractivity (Wildman–Crippen MR) is 87.2 cm³/mol. The second-order valence-electron chi connectivity index (χ2n) is 6.92. The maximum atomic E-state index is 12.8. The second kappa shape index (κ2) is 6.36. The molecular weight excluding hydrogens is 308 g/mol. The van der Waals surface area contributed by atoms with Crippen LogP contribution in [0.25, 0.3) is 0 Å². The lowest BCUT2D eigenvalue weighted by atomic mass is 9.81. The van der Waals surface area contributed by atoms with Crippen LogP contribution in [-0.4, -0.2) is 46.3 Å². The van der Waals surface area contributed by atoms with Gasteiger partial charge < -0.3 is 15.7 Å². The molecule has 2 atom stereocenters. The van der Waals surface area contributed by atoms with Gasteiger partial charge in [-0.3, -0.25) is 14.4 Å². The molecule has 24 heavy (non-hydrogen) atoms. The number of β-amino-alcohol motifs (C(OH)–C–C–N with tert-alkyl or cyclic N) is 1. The summed E-state index contributed by atoms with van der Waals surface area (Å²) in [6, 6.07) is 7.37. The van der Waals surface area contributed by atoms with Crippen LogP contribution in [0.2, 0.25) is 0 Å². The SMILES string of the molecule is NC(=O)CC1(O)CCCN(C(=O)C2CC(=O)c3ccccc3C2)C1. The maximum Gasteiger partial charge on any atom is 0.226 e. The van der Waals surface area contributed by atoms with Crippen LogP contribution < -0.4 is 5.73 Å². The quantitative estimate of drug-likeness (QED) is 0.850. The van der Waals surface area contributed by atoms with Crippen molar-refractivity contribution in [1.82, 2.24) is 4.90 Å². The average Bonchev–Trinajstić information content (AvgIpc) is 2.53. The standard InChI is InChI=1S/C18H22N2O4/c19-16(22)10-18(24)6-3-7-20(11-18)17(23)13-8-12-4-1-2-5-14(12)15(21)9-13/h1-2,4-5,13,24H,3,6-11H2,(H2,19,22). The lowest BCUT2D eigenvalue weighted by molar-refractivity contribution is -0.145. The molecule has 1 fully saturated rings. The molecule has 3 N–H and O–H groups in total. The second-order valence-corrected chi connectivity index (χ2v) is 6.92. The molecule has 3 rings (SSSR count). The molecule has 0 aromatic heterocycles. The predicted octanol–water partition coefficient (Wildman–Crippen LogP) is 0.661. The maximum absolute atomic E-state index is 12.8. The van der Waals surface area contributed by atoms with Crippen molar-refractivity contribution in [2.45, 2.75) is 37.7 Å². The normalized spacial score (nSPS) is 26.8. The van der Waals surface area contributed by atoms with Crippen molar-refractivity contribution in [3.63, 3.8) is 0 Å². The molecule has 2 amide bonds. The van der Waals surface area contributed by atoms with Crippen LogP contribution in [0.1, 0.15) is 41.6 Å². The van der Waals surface area contributed by atoms with Gasteiger partial charge in [0.1, 0.15) is 0 Å². The van der Waals surface area contributed by atoms with Crippen molar-refractivity contribution in [2.75, 3.05) is 13.1 Å². The van der Waals surface area contributed by atoms with Gasteiger partial charge in [0.05, 0.1) is 12.0 Å². The summed E-state index contributed by atoms with van der Waals surface area (Å²) in [4.78, 5) is 37.8. The summed E-state index contributed by atoms with van der Waals surface area (Å²) in [5.41, 5.74) is 5.54. The number of amides is 2. The number of rotatable bonds is 3. The van der Waals surface area contributed by atoms with Gasteiger partial charge in [-0.25, -0.2) is 0 Å². The zero-order chi connectivity index (χ0) is 17.3. The first kappa shape index (κ1) is 16.6. The minimum Gasteiger partial charge on any atom is -0.388 e. The van der Waals surface area contributed by atoms with Crippen molar-refractivity contribution in [3.8, 4) is 0 Å². The average molecular weight is 330 g/mol. The van der Waals surface area contributed by atoms with E-state index in [4.69, 9.17) is 5.73 Å². The Bertz CT molecular complexity index is 687. The number of nitrogens with two attached hydrogens (primary N) is 1. The zero-order valence-corrected chi connectivity index (χ0v) is 13.5. The fraction of sp³-hybridized carbons (Fsp3) is 0.500. The summed E-state index contributed by atoms with van der Waals surface area (Å²) in [5.74, 6) is -1.11. The van der Waals surface area contributed by atoms with Gasteiger partial charge in [-0.2, -0.15) is 0 Å². The number of Topliss-reactive ketones (excluding diaryl/α,β-unsaturated/α-hetero) is 1. The fourth-order valence-electron chi connectivity index (χ4n) is 3.84. The highest BCUT2D eigenvalue weighted by Gasteiger charge is 2.39. The van der Waals surface area contributed by atoms with E-state index in [2.05, 4.69) is 0 Å². The van der Waals surface area contributed by atoms with Crippen LogP contribution in [0.3, 0.4) is 0 Å². The van der Waals surface area contributed by atoms with Crippen molar-refractivity contribution in [2.24, 2.45) is 11.7 Å². The highest BCUT2D eigenvalue weighted by molar-refractivity contribution is 6.01. The lowest BCUT2D eigenvalue weighted by Gasteiger charge is -2.40. The molecule has 1 aromatic rings. The Hall–Kier alpha value is -2.21. The molecule has 0 bridgehead atoms. The number of carbonyl (C=O) groups is 3. The summed E-state index contributed by atoms with van der Waals surface area (Å²) in [6.45, 7) is 0.632. The molecule has 1 heterocycles. The van der Waals surface area contributed by atoms with Crippen molar-refractivity contribution in [3.05, 3.63) is 35.4 Å². The smallest absolute Gasteiger partial charge is 0.226 e. The Balaban J connectivity index is 1.73. The Kier molecular flexibility index (Phi) is 4.41. The van der Waals surface area contributed by atoms with Crippen LogP contribution in [-0.2, 0) is 16.0 Å². The van der Waals surface area contributed by atoms with Crippen molar-refractivity contribution in [1.29, 1.82) is 0 Å². The van der Waals surface area contributed by atoms with Gasteiger partial charge in [0.25, 0.3) is 0 Å². The number of fused-ring (bicyclic) bond motifs is 1. The number of piperidine rings is 1. The highest BCUT2D eigenvalue weighted by atomic mass is 16.3. The third-order valence-electron chi connectivity index (χ3n) is 4.94. The third kappa shape index (κ3) is 3.33. The molecule has 0 radical (unpaired) electrons. The van der Waals surface area contributed by atoms with Gasteiger partial charge in [-0.1, -0.05) is 24.3 Å². The molecule has 0 spiro atoms. The summed E-state index contributed by atoms with van der Waals surface area (Å²) >= 11 is 0. The first-order valence-electron chi connectivity index (χ1n) is 8.28. The molecule has 1 saturated heterocycles. The van der Waals surface area contributed by atoms with E-state index in [1.54, 1.807) is 11.0 Å². The molecule has 6 nitrogen and oxygen atoms in total. The number of aliphatic hydroxyl groups is 1. The van der Waals surface area contributed by atoms with Crippen molar-refractivity contribution >= 4 is 17.6 Å². The number of primary amides is 1. The topological polar surface area (TPSA) is 101 Å². The highest BCUT2D eigenvalue weighted by Crippen LogP contribution is 2.30. The van der Waals surface area contributed by atoms with E-state index in [0.717, 1.165) is 5.56 Å². The lowest BCUT2D eigenvalue weighted by Crippen LogP contribution is -2.53. The fourth-order valence-corrected chi connectivity index (χ4v) is 3.84. The van der Waals surface area contributed by atoms with Crippen LogP contribution in [0, 0.1) is 5.92 Å². The summed E-state index contributed by atoms with van der Waals surface area (Å²) in [7, 11) is 0. The zero-order valence-electron chi connectivity index (χ0n) is 13.5. The number of benzene rings is 1. The van der Waals surface area contributed by atoms with Crippen LogP contribution in [0.15, 0.2) is 24.3 Å². The van der Waals surface area contributed by atoms with Crippen LogP contribution >= 0.6 is 0 Å². The Morgan fingerprint density at radius 2 is 2.04 bits per heavy atom. The minimum atomic E-state index is -1.25. The molecule has 1 aromatic carbocycles. The number of likely N-dealkylation sites (tertiary alicyclic amines) is 1. The number of hydrogen-bond donors (Lipinski definition) is 2. The molecule has 1 aliphatic carbocycles. The monoisotopic (exact) mass is 330 g/mol. The third-order valence-corrected chi connectivity index (χ3v) is 4.94. The van der Waals surface area contributed by atoms with E-state index in [0.29, 0.717) is 31.4 Å².